The number of hydrogen-bond donors (Lipinski definition) is 1. The van der Waals surface area contributed by atoms with Crippen LogP contribution in [0.15, 0.2) is 0 Å². The summed E-state index contributed by atoms with van der Waals surface area (Å²) < 4.78 is 33.0. The standard InChI is InChI=1S/C3H4F3NO.Na.H2O/c4-3(5,6)1-2(7)8;;/h1H2,(H2,7,8);;1H2/q;+1;/p-1. The molecule has 0 rings (SSSR count). The Hall–Kier alpha value is 0.220. The number of carbonyl (C=O) groups is 1. The summed E-state index contributed by atoms with van der Waals surface area (Å²) in [5.74, 6) is -1.35. The smallest absolute Gasteiger partial charge is 0.870 e. The predicted molar refractivity (Wildman–Crippen MR) is 21.8 cm³/mol. The second-order valence-electron chi connectivity index (χ2n) is 1.26. The number of rotatable bonds is 1. The molecule has 0 atom stereocenters. The molecule has 0 aromatic rings. The van der Waals surface area contributed by atoms with Gasteiger partial charge in [0.05, 0.1) is 0 Å². The van der Waals surface area contributed by atoms with Gasteiger partial charge in [0.1, 0.15) is 6.42 Å². The molecule has 3 nitrogen and oxygen atoms in total. The summed E-state index contributed by atoms with van der Waals surface area (Å²) in [5.41, 5.74) is 4.22. The molecular weight excluding hydrogens is 162 g/mol. The molecule has 0 radical (unpaired) electrons. The van der Waals surface area contributed by atoms with Gasteiger partial charge >= 0.3 is 35.7 Å². The summed E-state index contributed by atoms with van der Waals surface area (Å²) in [6.07, 6.45) is -5.99. The maximum Gasteiger partial charge on any atom is 1.00 e. The molecule has 1 amide bonds. The van der Waals surface area contributed by atoms with Gasteiger partial charge in [0.2, 0.25) is 5.91 Å². The first kappa shape index (κ1) is 16.7. The molecule has 0 saturated heterocycles. The molecule has 0 saturated carbocycles. The van der Waals surface area contributed by atoms with Crippen LogP contribution in [0.5, 0.6) is 0 Å². The van der Waals surface area contributed by atoms with Crippen molar-refractivity contribution in [3.63, 3.8) is 0 Å². The summed E-state index contributed by atoms with van der Waals surface area (Å²) in [6.45, 7) is 0. The van der Waals surface area contributed by atoms with Gasteiger partial charge in [-0.3, -0.25) is 4.79 Å². The topological polar surface area (TPSA) is 73.1 Å². The third-order valence-electron chi connectivity index (χ3n) is 0.375. The first-order valence-electron chi connectivity index (χ1n) is 1.77. The van der Waals surface area contributed by atoms with Crippen LogP contribution >= 0.6 is 0 Å². The van der Waals surface area contributed by atoms with Gasteiger partial charge in [-0.15, -0.1) is 0 Å². The fraction of sp³-hybridized carbons (Fsp3) is 0.667. The van der Waals surface area contributed by atoms with E-state index in [0.29, 0.717) is 0 Å². The zero-order chi connectivity index (χ0) is 6.78. The summed E-state index contributed by atoms with van der Waals surface area (Å²) in [6, 6.07) is 0. The van der Waals surface area contributed by atoms with Crippen molar-refractivity contribution in [3.8, 4) is 0 Å². The number of amides is 1. The molecule has 0 heterocycles. The maximum absolute atomic E-state index is 11.0. The Kier molecular flexibility index (Phi) is 9.94. The van der Waals surface area contributed by atoms with Crippen LogP contribution in [-0.2, 0) is 4.79 Å². The predicted octanol–water partition coefficient (Wildman–Crippen LogP) is -2.75. The van der Waals surface area contributed by atoms with Crippen LogP contribution in [0.2, 0.25) is 0 Å². The molecule has 3 N–H and O–H groups in total. The van der Waals surface area contributed by atoms with E-state index in [-0.39, 0.29) is 35.0 Å². The molecule has 0 aliphatic heterocycles. The molecule has 0 aromatic heterocycles. The minimum Gasteiger partial charge on any atom is -0.870 e. The Morgan fingerprint density at radius 1 is 1.40 bits per heavy atom. The van der Waals surface area contributed by atoms with Gasteiger partial charge in [-0.05, 0) is 0 Å². The quantitative estimate of drug-likeness (QED) is 0.430. The van der Waals surface area contributed by atoms with Gasteiger partial charge in [0, 0.05) is 0 Å². The molecule has 56 valence electrons. The molecule has 0 bridgehead atoms. The molecule has 0 spiro atoms. The van der Waals surface area contributed by atoms with Crippen molar-refractivity contribution in [2.75, 3.05) is 0 Å². The summed E-state index contributed by atoms with van der Waals surface area (Å²) >= 11 is 0. The van der Waals surface area contributed by atoms with E-state index in [1.165, 1.54) is 0 Å². The molecule has 0 aromatic carbocycles. The van der Waals surface area contributed by atoms with E-state index < -0.39 is 18.5 Å². The monoisotopic (exact) mass is 167 g/mol. The first-order valence-corrected chi connectivity index (χ1v) is 1.77. The van der Waals surface area contributed by atoms with Crippen molar-refractivity contribution < 1.29 is 53.0 Å². The number of halogens is 3. The van der Waals surface area contributed by atoms with Crippen molar-refractivity contribution in [1.29, 1.82) is 0 Å². The first-order chi connectivity index (χ1) is 3.42. The largest absolute Gasteiger partial charge is 1.00 e. The molecular formula is C3H5F3NNaO2. The van der Waals surface area contributed by atoms with E-state index in [2.05, 4.69) is 5.73 Å². The van der Waals surface area contributed by atoms with Crippen LogP contribution in [0.25, 0.3) is 0 Å². The van der Waals surface area contributed by atoms with Crippen LogP contribution < -0.4 is 35.3 Å². The van der Waals surface area contributed by atoms with Crippen LogP contribution in [0, 0.1) is 0 Å². The van der Waals surface area contributed by atoms with Crippen molar-refractivity contribution in [3.05, 3.63) is 0 Å². The van der Waals surface area contributed by atoms with Crippen LogP contribution in [0.1, 0.15) is 6.42 Å². The molecule has 7 heteroatoms. The van der Waals surface area contributed by atoms with Crippen molar-refractivity contribution in [2.24, 2.45) is 5.73 Å². The molecule has 0 unspecified atom stereocenters. The normalized spacial score (nSPS) is 9.10. The number of nitrogens with two attached hydrogens (primary N) is 1. The van der Waals surface area contributed by atoms with Crippen LogP contribution in [0.4, 0.5) is 13.2 Å². The van der Waals surface area contributed by atoms with Crippen LogP contribution in [0.3, 0.4) is 0 Å². The van der Waals surface area contributed by atoms with Crippen molar-refractivity contribution in [1.82, 2.24) is 0 Å². The Labute approximate surface area is 77.4 Å². The van der Waals surface area contributed by atoms with Gasteiger partial charge in [-0.2, -0.15) is 13.2 Å². The van der Waals surface area contributed by atoms with E-state index in [9.17, 15) is 18.0 Å². The van der Waals surface area contributed by atoms with E-state index in [1.807, 2.05) is 0 Å². The van der Waals surface area contributed by atoms with Gasteiger partial charge < -0.3 is 11.2 Å². The molecule has 10 heavy (non-hydrogen) atoms. The summed E-state index contributed by atoms with van der Waals surface area (Å²) in [7, 11) is 0. The van der Waals surface area contributed by atoms with E-state index in [0.717, 1.165) is 0 Å². The van der Waals surface area contributed by atoms with Gasteiger partial charge in [-0.1, -0.05) is 0 Å². The minimum atomic E-state index is -4.45. The third-order valence-corrected chi connectivity index (χ3v) is 0.375. The van der Waals surface area contributed by atoms with Gasteiger partial charge in [-0.25, -0.2) is 0 Å². The molecule has 0 aliphatic carbocycles. The maximum atomic E-state index is 11.0. The average Bonchev–Trinajstić information content (AvgIpc) is 1.21. The van der Waals surface area contributed by atoms with Crippen molar-refractivity contribution in [2.45, 2.75) is 12.6 Å². The number of carbonyl (C=O) groups excluding carboxylic acids is 1. The Balaban J connectivity index is -0.000000245. The average molecular weight is 167 g/mol. The second-order valence-corrected chi connectivity index (χ2v) is 1.26. The Bertz CT molecular complexity index is 104. The molecule has 0 aliphatic rings. The zero-order valence-corrected chi connectivity index (χ0v) is 7.27. The third kappa shape index (κ3) is 15.7. The fourth-order valence-corrected chi connectivity index (χ4v) is 0.198. The Morgan fingerprint density at radius 2 is 1.70 bits per heavy atom. The van der Waals surface area contributed by atoms with Crippen LogP contribution in [-0.4, -0.2) is 17.6 Å². The number of primary amides is 1. The second kappa shape index (κ2) is 5.96. The van der Waals surface area contributed by atoms with E-state index >= 15 is 0 Å². The fourth-order valence-electron chi connectivity index (χ4n) is 0.198. The van der Waals surface area contributed by atoms with Gasteiger partial charge in [0.15, 0.2) is 0 Å². The SMILES string of the molecule is NC(=O)CC(F)(F)F.[Na+].[OH-]. The summed E-state index contributed by atoms with van der Waals surface area (Å²) in [5, 5.41) is 0. The number of alkyl halides is 3. The molecule has 0 fully saturated rings. The minimum absolute atomic E-state index is 0. The van der Waals surface area contributed by atoms with Crippen molar-refractivity contribution >= 4 is 5.91 Å². The zero-order valence-electron chi connectivity index (χ0n) is 5.27. The summed E-state index contributed by atoms with van der Waals surface area (Å²) in [4.78, 5) is 9.52. The number of hydrogen-bond acceptors (Lipinski definition) is 2. The van der Waals surface area contributed by atoms with E-state index in [1.54, 1.807) is 0 Å². The van der Waals surface area contributed by atoms with E-state index in [4.69, 9.17) is 0 Å². The van der Waals surface area contributed by atoms with Gasteiger partial charge in [0.25, 0.3) is 0 Å². The Morgan fingerprint density at radius 3 is 1.70 bits per heavy atom.